The summed E-state index contributed by atoms with van der Waals surface area (Å²) in [4.78, 5) is 9.17. The summed E-state index contributed by atoms with van der Waals surface area (Å²) in [6.45, 7) is 7.95. The Morgan fingerprint density at radius 2 is 2.04 bits per heavy atom. The fraction of sp³-hybridized carbons (Fsp3) is 0.474. The van der Waals surface area contributed by atoms with Crippen LogP contribution < -0.4 is 15.8 Å². The van der Waals surface area contributed by atoms with E-state index >= 15 is 0 Å². The zero-order valence-corrected chi connectivity index (χ0v) is 15.7. The van der Waals surface area contributed by atoms with Gasteiger partial charge in [0.05, 0.1) is 23.9 Å². The van der Waals surface area contributed by atoms with Gasteiger partial charge in [0.25, 0.3) is 0 Å². The van der Waals surface area contributed by atoms with Crippen LogP contribution in [-0.4, -0.2) is 67.3 Å². The summed E-state index contributed by atoms with van der Waals surface area (Å²) in [5, 5.41) is 11.7. The van der Waals surface area contributed by atoms with Gasteiger partial charge in [-0.25, -0.2) is 0 Å². The van der Waals surface area contributed by atoms with Gasteiger partial charge in [-0.05, 0) is 45.2 Å². The Kier molecular flexibility index (Phi) is 5.58. The third kappa shape index (κ3) is 4.23. The molecule has 1 fully saturated rings. The first-order valence-electron chi connectivity index (χ1n) is 9.02. The Bertz CT molecular complexity index is 719. The minimum atomic E-state index is -0.0448. The zero-order chi connectivity index (χ0) is 18.7. The molecule has 3 rings (SSSR count). The van der Waals surface area contributed by atoms with Crippen molar-refractivity contribution in [2.75, 3.05) is 39.0 Å². The number of hydrogen-bond acceptors (Lipinski definition) is 7. The van der Waals surface area contributed by atoms with E-state index in [2.05, 4.69) is 27.2 Å². The maximum absolute atomic E-state index is 8.63. The summed E-state index contributed by atoms with van der Waals surface area (Å²) < 4.78 is 5.74. The van der Waals surface area contributed by atoms with Crippen LogP contribution in [0.4, 0.5) is 5.69 Å². The normalized spacial score (nSPS) is 21.4. The zero-order valence-electron chi connectivity index (χ0n) is 15.7. The molecule has 26 heavy (non-hydrogen) atoms. The molecule has 1 unspecified atom stereocenters. The summed E-state index contributed by atoms with van der Waals surface area (Å²) in [6, 6.07) is 5.46. The number of nitrogens with one attached hydrogen (secondary N) is 2. The monoisotopic (exact) mass is 356 g/mol. The molecule has 0 saturated carbocycles. The molecule has 0 radical (unpaired) electrons. The molecule has 1 aromatic carbocycles. The standard InChI is InChI=1S/C19H28N6O/c1-13(2)26-14-4-5-16(20)15(10-14)19(21)17-11-18(23-12-22-17)25-8-6-24(3)7-9-25/h4-5,10-13,18,21H,6-9,20H2,1-3H3,(H,22,23). The first kappa shape index (κ1) is 18.4. The van der Waals surface area contributed by atoms with Gasteiger partial charge in [-0.15, -0.1) is 0 Å². The molecule has 0 amide bonds. The van der Waals surface area contributed by atoms with Crippen LogP contribution >= 0.6 is 0 Å². The van der Waals surface area contributed by atoms with Crippen molar-refractivity contribution in [1.82, 2.24) is 15.1 Å². The minimum Gasteiger partial charge on any atom is -0.491 e. The molecule has 7 heteroatoms. The number of benzene rings is 1. The first-order chi connectivity index (χ1) is 12.4. The van der Waals surface area contributed by atoms with E-state index < -0.39 is 0 Å². The van der Waals surface area contributed by atoms with E-state index in [1.807, 2.05) is 32.1 Å². The molecular formula is C19H28N6O. The average Bonchev–Trinajstić information content (AvgIpc) is 2.63. The number of anilines is 1. The predicted molar refractivity (Wildman–Crippen MR) is 106 cm³/mol. The maximum atomic E-state index is 8.63. The lowest BCUT2D eigenvalue weighted by Gasteiger charge is -2.36. The quantitative estimate of drug-likeness (QED) is 0.550. The fourth-order valence-electron chi connectivity index (χ4n) is 3.11. The number of rotatable bonds is 5. The summed E-state index contributed by atoms with van der Waals surface area (Å²) >= 11 is 0. The van der Waals surface area contributed by atoms with Crippen LogP contribution in [0.3, 0.4) is 0 Å². The van der Waals surface area contributed by atoms with Gasteiger partial charge in [0, 0.05) is 37.4 Å². The average molecular weight is 356 g/mol. The van der Waals surface area contributed by atoms with Crippen LogP contribution in [0.15, 0.2) is 35.0 Å². The van der Waals surface area contributed by atoms with Gasteiger partial charge in [-0.2, -0.15) is 0 Å². The number of nitrogen functional groups attached to an aromatic ring is 1. The second kappa shape index (κ2) is 7.88. The highest BCUT2D eigenvalue weighted by atomic mass is 16.5. The Balaban J connectivity index is 1.78. The second-order valence-electron chi connectivity index (χ2n) is 7.05. The van der Waals surface area contributed by atoms with Crippen LogP contribution in [0.25, 0.3) is 0 Å². The van der Waals surface area contributed by atoms with Crippen molar-refractivity contribution >= 4 is 17.7 Å². The number of nitrogens with zero attached hydrogens (tertiary/aromatic N) is 3. The van der Waals surface area contributed by atoms with Gasteiger partial charge in [0.15, 0.2) is 0 Å². The highest BCUT2D eigenvalue weighted by Gasteiger charge is 2.23. The van der Waals surface area contributed by atoms with Crippen LogP contribution in [0, 0.1) is 5.41 Å². The van der Waals surface area contributed by atoms with E-state index in [0.29, 0.717) is 17.0 Å². The smallest absolute Gasteiger partial charge is 0.125 e. The van der Waals surface area contributed by atoms with Crippen LogP contribution in [0.2, 0.25) is 0 Å². The number of ether oxygens (including phenoxy) is 1. The molecule has 1 atom stereocenters. The van der Waals surface area contributed by atoms with E-state index in [9.17, 15) is 0 Å². The van der Waals surface area contributed by atoms with Crippen molar-refractivity contribution in [2.45, 2.75) is 26.1 Å². The topological polar surface area (TPSA) is 90.0 Å². The number of aliphatic imine (C=N–C) groups is 1. The number of nitrogens with two attached hydrogens (primary N) is 1. The Morgan fingerprint density at radius 3 is 2.73 bits per heavy atom. The van der Waals surface area contributed by atoms with Crippen molar-refractivity contribution in [1.29, 1.82) is 5.41 Å². The molecule has 140 valence electrons. The lowest BCUT2D eigenvalue weighted by molar-refractivity contribution is 0.132. The summed E-state index contributed by atoms with van der Waals surface area (Å²) in [6.07, 6.45) is 3.71. The molecule has 0 aliphatic carbocycles. The van der Waals surface area contributed by atoms with E-state index in [1.54, 1.807) is 12.4 Å². The molecule has 0 bridgehead atoms. The van der Waals surface area contributed by atoms with Crippen LogP contribution in [0.1, 0.15) is 19.4 Å². The molecule has 1 saturated heterocycles. The molecule has 2 aliphatic rings. The molecular weight excluding hydrogens is 328 g/mol. The molecule has 2 aliphatic heterocycles. The largest absolute Gasteiger partial charge is 0.491 e. The van der Waals surface area contributed by atoms with E-state index in [1.165, 1.54) is 0 Å². The van der Waals surface area contributed by atoms with Gasteiger partial charge >= 0.3 is 0 Å². The summed E-state index contributed by atoms with van der Waals surface area (Å²) in [5.41, 5.74) is 8.41. The van der Waals surface area contributed by atoms with Crippen molar-refractivity contribution in [3.63, 3.8) is 0 Å². The Labute approximate surface area is 155 Å². The van der Waals surface area contributed by atoms with Crippen molar-refractivity contribution in [3.8, 4) is 5.75 Å². The summed E-state index contributed by atoms with van der Waals surface area (Å²) in [7, 11) is 2.13. The van der Waals surface area contributed by atoms with Gasteiger partial charge in [-0.1, -0.05) is 0 Å². The number of hydrogen-bond donors (Lipinski definition) is 3. The molecule has 0 spiro atoms. The maximum Gasteiger partial charge on any atom is 0.125 e. The van der Waals surface area contributed by atoms with Gasteiger partial charge in [-0.3, -0.25) is 15.3 Å². The number of likely N-dealkylation sites (N-methyl/N-ethyl adjacent to an activating group) is 1. The van der Waals surface area contributed by atoms with E-state index in [-0.39, 0.29) is 12.3 Å². The number of piperazine rings is 1. The summed E-state index contributed by atoms with van der Waals surface area (Å²) in [5.74, 6) is 0.717. The Morgan fingerprint density at radius 1 is 1.31 bits per heavy atom. The third-order valence-corrected chi connectivity index (χ3v) is 4.61. The first-order valence-corrected chi connectivity index (χ1v) is 9.02. The van der Waals surface area contributed by atoms with E-state index in [0.717, 1.165) is 37.6 Å². The van der Waals surface area contributed by atoms with E-state index in [4.69, 9.17) is 15.9 Å². The third-order valence-electron chi connectivity index (χ3n) is 4.61. The van der Waals surface area contributed by atoms with Crippen LogP contribution in [-0.2, 0) is 0 Å². The van der Waals surface area contributed by atoms with Crippen molar-refractivity contribution in [2.24, 2.45) is 4.99 Å². The van der Waals surface area contributed by atoms with Gasteiger partial charge < -0.3 is 20.7 Å². The molecule has 1 aromatic rings. The molecule has 7 nitrogen and oxygen atoms in total. The predicted octanol–water partition coefficient (Wildman–Crippen LogP) is 1.51. The fourth-order valence-corrected chi connectivity index (χ4v) is 3.11. The molecule has 0 aromatic heterocycles. The lowest BCUT2D eigenvalue weighted by atomic mass is 10.0. The molecule has 4 N–H and O–H groups in total. The highest BCUT2D eigenvalue weighted by molar-refractivity contribution is 6.14. The van der Waals surface area contributed by atoms with Crippen LogP contribution in [0.5, 0.6) is 5.75 Å². The SMILES string of the molecule is CC(C)Oc1ccc(N)c(C(=N)C2=CC(N3CCN(C)CC3)N=CN2)c1. The second-order valence-corrected chi connectivity index (χ2v) is 7.05. The van der Waals surface area contributed by atoms with Gasteiger partial charge in [0.1, 0.15) is 11.9 Å². The number of allylic oxidation sites excluding steroid dienone is 1. The highest BCUT2D eigenvalue weighted by Crippen LogP contribution is 2.24. The van der Waals surface area contributed by atoms with Crippen molar-refractivity contribution in [3.05, 3.63) is 35.5 Å². The molecule has 2 heterocycles. The Hall–Kier alpha value is -2.38. The minimum absolute atomic E-state index is 0.0448. The lowest BCUT2D eigenvalue weighted by Crippen LogP contribution is -2.49. The van der Waals surface area contributed by atoms with Crippen molar-refractivity contribution < 1.29 is 4.74 Å². The van der Waals surface area contributed by atoms with Gasteiger partial charge in [0.2, 0.25) is 0 Å².